The molecule has 6 rings (SSSR count). The highest BCUT2D eigenvalue weighted by atomic mass is 19.1. The molecule has 0 fully saturated rings. The van der Waals surface area contributed by atoms with Crippen LogP contribution in [0.1, 0.15) is 36.5 Å². The van der Waals surface area contributed by atoms with Crippen molar-refractivity contribution in [1.82, 2.24) is 20.0 Å². The SMILES string of the molecule is CC(C)c1cc(F)ccc1Oc1nc2ccc(-n3cc(-c4ccccc4)nn3)cc2cc1Cc1ccccc1. The molecule has 39 heavy (non-hydrogen) atoms. The molecule has 6 aromatic rings. The van der Waals surface area contributed by atoms with Crippen LogP contribution in [0.15, 0.2) is 109 Å². The Labute approximate surface area is 226 Å². The van der Waals surface area contributed by atoms with Crippen LogP contribution < -0.4 is 4.74 Å². The molecule has 2 aromatic heterocycles. The summed E-state index contributed by atoms with van der Waals surface area (Å²) >= 11 is 0. The van der Waals surface area contributed by atoms with E-state index in [2.05, 4.69) is 34.6 Å². The van der Waals surface area contributed by atoms with Crippen LogP contribution in [0.3, 0.4) is 0 Å². The van der Waals surface area contributed by atoms with Crippen molar-refractivity contribution in [3.05, 3.63) is 132 Å². The number of rotatable bonds is 7. The van der Waals surface area contributed by atoms with Gasteiger partial charge in [0.2, 0.25) is 5.88 Å². The predicted octanol–water partition coefficient (Wildman–Crippen LogP) is 8.13. The normalized spacial score (nSPS) is 11.3. The zero-order valence-electron chi connectivity index (χ0n) is 21.8. The molecule has 4 aromatic carbocycles. The first-order valence-corrected chi connectivity index (χ1v) is 13.0. The van der Waals surface area contributed by atoms with Crippen molar-refractivity contribution in [3.8, 4) is 28.6 Å². The zero-order chi connectivity index (χ0) is 26.8. The summed E-state index contributed by atoms with van der Waals surface area (Å²) in [6.45, 7) is 4.05. The van der Waals surface area contributed by atoms with Gasteiger partial charge in [0.25, 0.3) is 0 Å². The van der Waals surface area contributed by atoms with E-state index in [1.807, 2.05) is 80.7 Å². The maximum absolute atomic E-state index is 14.0. The molecule has 0 aliphatic rings. The minimum Gasteiger partial charge on any atom is -0.438 e. The molecular weight excluding hydrogens is 487 g/mol. The zero-order valence-corrected chi connectivity index (χ0v) is 21.8. The van der Waals surface area contributed by atoms with Gasteiger partial charge in [0, 0.05) is 28.5 Å². The van der Waals surface area contributed by atoms with E-state index in [1.54, 1.807) is 10.7 Å². The van der Waals surface area contributed by atoms with Crippen molar-refractivity contribution in [3.63, 3.8) is 0 Å². The summed E-state index contributed by atoms with van der Waals surface area (Å²) in [7, 11) is 0. The summed E-state index contributed by atoms with van der Waals surface area (Å²) in [6, 6.07) is 32.9. The quantitative estimate of drug-likeness (QED) is 0.216. The first-order valence-electron chi connectivity index (χ1n) is 13.0. The molecule has 0 spiro atoms. The van der Waals surface area contributed by atoms with Crippen LogP contribution in [-0.4, -0.2) is 20.0 Å². The monoisotopic (exact) mass is 514 g/mol. The van der Waals surface area contributed by atoms with Gasteiger partial charge in [-0.2, -0.15) is 0 Å². The smallest absolute Gasteiger partial charge is 0.223 e. The van der Waals surface area contributed by atoms with E-state index in [4.69, 9.17) is 9.72 Å². The molecule has 0 radical (unpaired) electrons. The molecule has 192 valence electrons. The number of pyridine rings is 1. The maximum atomic E-state index is 14.0. The Morgan fingerprint density at radius 1 is 0.846 bits per heavy atom. The molecule has 0 amide bonds. The lowest BCUT2D eigenvalue weighted by molar-refractivity contribution is 0.449. The number of aromatic nitrogens is 4. The van der Waals surface area contributed by atoms with Gasteiger partial charge in [0.1, 0.15) is 17.3 Å². The lowest BCUT2D eigenvalue weighted by Crippen LogP contribution is -2.01. The minimum atomic E-state index is -0.280. The number of ether oxygens (including phenoxy) is 1. The molecule has 0 unspecified atom stereocenters. The molecule has 0 saturated carbocycles. The Morgan fingerprint density at radius 2 is 1.62 bits per heavy atom. The number of hydrogen-bond donors (Lipinski definition) is 0. The fraction of sp³-hybridized carbons (Fsp3) is 0.121. The van der Waals surface area contributed by atoms with Crippen LogP contribution in [0.5, 0.6) is 11.6 Å². The minimum absolute atomic E-state index is 0.0970. The molecule has 0 aliphatic heterocycles. The maximum Gasteiger partial charge on any atom is 0.223 e. The van der Waals surface area contributed by atoms with Gasteiger partial charge in [0.15, 0.2) is 0 Å². The largest absolute Gasteiger partial charge is 0.438 e. The summed E-state index contributed by atoms with van der Waals surface area (Å²) in [5.74, 6) is 0.942. The third kappa shape index (κ3) is 5.27. The van der Waals surface area contributed by atoms with E-state index in [1.165, 1.54) is 12.1 Å². The van der Waals surface area contributed by atoms with E-state index in [0.717, 1.165) is 44.5 Å². The van der Waals surface area contributed by atoms with Crippen molar-refractivity contribution in [2.45, 2.75) is 26.2 Å². The fourth-order valence-corrected chi connectivity index (χ4v) is 4.66. The first-order chi connectivity index (χ1) is 19.0. The van der Waals surface area contributed by atoms with Gasteiger partial charge in [-0.15, -0.1) is 5.10 Å². The average Bonchev–Trinajstić information content (AvgIpc) is 3.45. The van der Waals surface area contributed by atoms with Crippen LogP contribution >= 0.6 is 0 Å². The molecule has 2 heterocycles. The lowest BCUT2D eigenvalue weighted by Gasteiger charge is -2.16. The van der Waals surface area contributed by atoms with Gasteiger partial charge in [-0.1, -0.05) is 79.7 Å². The van der Waals surface area contributed by atoms with Crippen LogP contribution in [0.2, 0.25) is 0 Å². The van der Waals surface area contributed by atoms with Crippen molar-refractivity contribution in [2.75, 3.05) is 0 Å². The van der Waals surface area contributed by atoms with E-state index < -0.39 is 0 Å². The molecule has 6 heteroatoms. The summed E-state index contributed by atoms with van der Waals surface area (Å²) in [5.41, 5.74) is 6.39. The molecule has 0 bridgehead atoms. The van der Waals surface area contributed by atoms with Gasteiger partial charge < -0.3 is 4.74 Å². The fourth-order valence-electron chi connectivity index (χ4n) is 4.66. The highest BCUT2D eigenvalue weighted by molar-refractivity contribution is 5.82. The molecule has 0 atom stereocenters. The third-order valence-corrected chi connectivity index (χ3v) is 6.70. The summed E-state index contributed by atoms with van der Waals surface area (Å²) in [6.07, 6.45) is 2.57. The van der Waals surface area contributed by atoms with Gasteiger partial charge in [0.05, 0.1) is 17.4 Å². The van der Waals surface area contributed by atoms with Crippen molar-refractivity contribution in [1.29, 1.82) is 0 Å². The summed E-state index contributed by atoms with van der Waals surface area (Å²) < 4.78 is 22.2. The Morgan fingerprint density at radius 3 is 2.38 bits per heavy atom. The van der Waals surface area contributed by atoms with Gasteiger partial charge in [-0.3, -0.25) is 0 Å². The number of fused-ring (bicyclic) bond motifs is 1. The van der Waals surface area contributed by atoms with E-state index >= 15 is 0 Å². The number of hydrogen-bond acceptors (Lipinski definition) is 4. The number of benzene rings is 4. The van der Waals surface area contributed by atoms with Crippen molar-refractivity contribution < 1.29 is 9.13 Å². The van der Waals surface area contributed by atoms with Crippen molar-refractivity contribution >= 4 is 10.9 Å². The Kier molecular flexibility index (Phi) is 6.59. The van der Waals surface area contributed by atoms with Crippen LogP contribution in [0.4, 0.5) is 4.39 Å². The third-order valence-electron chi connectivity index (χ3n) is 6.70. The second-order valence-corrected chi connectivity index (χ2v) is 9.85. The van der Waals surface area contributed by atoms with Crippen LogP contribution in [-0.2, 0) is 6.42 Å². The Balaban J connectivity index is 1.41. The molecular formula is C33H27FN4O. The van der Waals surface area contributed by atoms with Gasteiger partial charge in [-0.05, 0) is 53.9 Å². The predicted molar refractivity (Wildman–Crippen MR) is 152 cm³/mol. The Bertz CT molecular complexity index is 1750. The lowest BCUT2D eigenvalue weighted by atomic mass is 10.0. The van der Waals surface area contributed by atoms with Crippen LogP contribution in [0.25, 0.3) is 27.8 Å². The van der Waals surface area contributed by atoms with Crippen molar-refractivity contribution in [2.24, 2.45) is 0 Å². The standard InChI is InChI=1S/C33H27FN4O/c1-22(2)29-20-27(34)13-16-32(29)39-33-26(17-23-9-5-3-6-10-23)18-25-19-28(14-15-30(25)35-33)38-21-31(36-37-38)24-11-7-4-8-12-24/h3-16,18-22H,17H2,1-2H3. The number of halogens is 1. The second kappa shape index (κ2) is 10.5. The average molecular weight is 515 g/mol. The van der Waals surface area contributed by atoms with E-state index in [0.29, 0.717) is 18.1 Å². The number of nitrogens with zero attached hydrogens (tertiary/aromatic N) is 4. The summed E-state index contributed by atoms with van der Waals surface area (Å²) in [5, 5.41) is 9.68. The Hall–Kier alpha value is -4.84. The summed E-state index contributed by atoms with van der Waals surface area (Å²) in [4.78, 5) is 4.92. The highest BCUT2D eigenvalue weighted by Gasteiger charge is 2.16. The molecule has 0 saturated heterocycles. The van der Waals surface area contributed by atoms with Gasteiger partial charge >= 0.3 is 0 Å². The van der Waals surface area contributed by atoms with Crippen LogP contribution in [0, 0.1) is 5.82 Å². The second-order valence-electron chi connectivity index (χ2n) is 9.85. The van der Waals surface area contributed by atoms with E-state index in [9.17, 15) is 4.39 Å². The highest BCUT2D eigenvalue weighted by Crippen LogP contribution is 2.34. The molecule has 5 nitrogen and oxygen atoms in total. The molecule has 0 aliphatic carbocycles. The first kappa shape index (κ1) is 24.5. The van der Waals surface area contributed by atoms with Gasteiger partial charge in [-0.25, -0.2) is 14.1 Å². The molecule has 0 N–H and O–H groups in total. The van der Waals surface area contributed by atoms with E-state index in [-0.39, 0.29) is 11.7 Å². The topological polar surface area (TPSA) is 52.8 Å².